The molecule has 2 saturated heterocycles. The van der Waals surface area contributed by atoms with Crippen molar-refractivity contribution in [1.82, 2.24) is 4.98 Å². The second-order valence-corrected chi connectivity index (χ2v) is 9.67. The monoisotopic (exact) mass is 394 g/mol. The van der Waals surface area contributed by atoms with Crippen molar-refractivity contribution in [2.24, 2.45) is 29.6 Å². The number of fused-ring (bicyclic) bond motifs is 2. The first kappa shape index (κ1) is 19.1. The van der Waals surface area contributed by atoms with E-state index in [1.54, 1.807) is 0 Å². The summed E-state index contributed by atoms with van der Waals surface area (Å²) in [5.41, 5.74) is 1.04. The minimum Gasteiger partial charge on any atom is -0.462 e. The van der Waals surface area contributed by atoms with Crippen LogP contribution in [-0.2, 0) is 9.53 Å². The third-order valence-corrected chi connectivity index (χ3v) is 8.00. The predicted molar refractivity (Wildman–Crippen MR) is 115 cm³/mol. The van der Waals surface area contributed by atoms with Crippen LogP contribution in [0.15, 0.2) is 24.3 Å². The Bertz CT molecular complexity index is 770. The molecule has 0 bridgehead atoms. The lowest BCUT2D eigenvalue weighted by Crippen LogP contribution is -2.42. The molecular weight excluding hydrogens is 360 g/mol. The van der Waals surface area contributed by atoms with E-state index in [-0.39, 0.29) is 18.0 Å². The number of piperidine rings is 1. The van der Waals surface area contributed by atoms with Gasteiger partial charge in [-0.25, -0.2) is 4.98 Å². The van der Waals surface area contributed by atoms with E-state index in [9.17, 15) is 4.79 Å². The van der Waals surface area contributed by atoms with Crippen LogP contribution in [0.1, 0.15) is 64.0 Å². The van der Waals surface area contributed by atoms with Crippen LogP contribution in [0.2, 0.25) is 0 Å². The lowest BCUT2D eigenvalue weighted by molar-refractivity contribution is -0.144. The number of pyridine rings is 1. The summed E-state index contributed by atoms with van der Waals surface area (Å²) in [6.07, 6.45) is 14.8. The third-order valence-electron chi connectivity index (χ3n) is 8.00. The number of nitrogens with zero attached hydrogens (tertiary/aromatic N) is 2. The van der Waals surface area contributed by atoms with Gasteiger partial charge in [0, 0.05) is 19.0 Å². The lowest BCUT2D eigenvalue weighted by Gasteiger charge is -2.45. The maximum absolute atomic E-state index is 12.5. The minimum atomic E-state index is 0.0395. The second kappa shape index (κ2) is 8.12. The van der Waals surface area contributed by atoms with Crippen LogP contribution in [0.25, 0.3) is 6.08 Å². The molecular formula is C25H34N2O2. The molecule has 0 spiro atoms. The summed E-state index contributed by atoms with van der Waals surface area (Å²) < 4.78 is 5.70. The van der Waals surface area contributed by atoms with Gasteiger partial charge in [-0.05, 0) is 75.0 Å². The van der Waals surface area contributed by atoms with E-state index in [0.29, 0.717) is 23.7 Å². The second-order valence-electron chi connectivity index (χ2n) is 9.67. The largest absolute Gasteiger partial charge is 0.462 e. The molecule has 1 aromatic rings. The zero-order valence-corrected chi connectivity index (χ0v) is 17.6. The topological polar surface area (TPSA) is 42.4 Å². The van der Waals surface area contributed by atoms with Gasteiger partial charge in [-0.1, -0.05) is 31.4 Å². The van der Waals surface area contributed by atoms with Gasteiger partial charge in [0.15, 0.2) is 0 Å². The van der Waals surface area contributed by atoms with E-state index in [2.05, 4.69) is 42.2 Å². The molecule has 2 saturated carbocycles. The third kappa shape index (κ3) is 3.71. The van der Waals surface area contributed by atoms with E-state index < -0.39 is 0 Å². The highest BCUT2D eigenvalue weighted by Crippen LogP contribution is 2.53. The maximum Gasteiger partial charge on any atom is 0.309 e. The summed E-state index contributed by atoms with van der Waals surface area (Å²) >= 11 is 0. The van der Waals surface area contributed by atoms with Crippen LogP contribution < -0.4 is 4.90 Å². The van der Waals surface area contributed by atoms with Gasteiger partial charge < -0.3 is 9.64 Å². The first-order valence-electron chi connectivity index (χ1n) is 11.8. The molecule has 6 atom stereocenters. The van der Waals surface area contributed by atoms with E-state index in [1.165, 1.54) is 44.9 Å². The number of esters is 1. The van der Waals surface area contributed by atoms with Crippen molar-refractivity contribution in [1.29, 1.82) is 0 Å². The Labute approximate surface area is 174 Å². The van der Waals surface area contributed by atoms with Gasteiger partial charge in [0.25, 0.3) is 0 Å². The first-order chi connectivity index (χ1) is 14.2. The smallest absolute Gasteiger partial charge is 0.309 e. The van der Waals surface area contributed by atoms with Crippen molar-refractivity contribution in [3.05, 3.63) is 30.0 Å². The van der Waals surface area contributed by atoms with Crippen molar-refractivity contribution in [3.63, 3.8) is 0 Å². The van der Waals surface area contributed by atoms with Crippen molar-refractivity contribution < 1.29 is 9.53 Å². The Morgan fingerprint density at radius 2 is 1.93 bits per heavy atom. The number of rotatable bonds is 3. The van der Waals surface area contributed by atoms with Crippen LogP contribution in [0.3, 0.4) is 0 Å². The highest BCUT2D eigenvalue weighted by atomic mass is 16.6. The molecule has 5 rings (SSSR count). The van der Waals surface area contributed by atoms with Gasteiger partial charge in [0.1, 0.15) is 11.9 Å². The van der Waals surface area contributed by atoms with Gasteiger partial charge in [0.2, 0.25) is 0 Å². The Balaban J connectivity index is 1.39. The molecule has 0 N–H and O–H groups in total. The average molecular weight is 395 g/mol. The summed E-state index contributed by atoms with van der Waals surface area (Å²) in [7, 11) is 0. The maximum atomic E-state index is 12.5. The summed E-state index contributed by atoms with van der Waals surface area (Å²) in [4.78, 5) is 19.8. The Morgan fingerprint density at radius 3 is 2.79 bits per heavy atom. The molecule has 29 heavy (non-hydrogen) atoms. The summed E-state index contributed by atoms with van der Waals surface area (Å²) in [5, 5.41) is 0. The van der Waals surface area contributed by atoms with Crippen molar-refractivity contribution in [2.45, 2.75) is 64.4 Å². The fourth-order valence-electron chi connectivity index (χ4n) is 6.63. The van der Waals surface area contributed by atoms with Crippen LogP contribution in [-0.4, -0.2) is 30.1 Å². The van der Waals surface area contributed by atoms with Gasteiger partial charge in [-0.15, -0.1) is 0 Å². The Kier molecular flexibility index (Phi) is 5.36. The summed E-state index contributed by atoms with van der Waals surface area (Å²) in [5.74, 6) is 3.41. The first-order valence-corrected chi connectivity index (χ1v) is 11.8. The summed E-state index contributed by atoms with van der Waals surface area (Å²) in [6, 6.07) is 6.39. The van der Waals surface area contributed by atoms with E-state index in [0.717, 1.165) is 31.0 Å². The Morgan fingerprint density at radius 1 is 1.10 bits per heavy atom. The van der Waals surface area contributed by atoms with Crippen LogP contribution in [0.4, 0.5) is 5.82 Å². The van der Waals surface area contributed by atoms with Crippen LogP contribution in [0, 0.1) is 29.6 Å². The number of carbonyl (C=O) groups is 1. The molecule has 1 aromatic heterocycles. The van der Waals surface area contributed by atoms with Gasteiger partial charge in [0.05, 0.1) is 11.6 Å². The molecule has 0 amide bonds. The van der Waals surface area contributed by atoms with E-state index in [1.807, 2.05) is 0 Å². The van der Waals surface area contributed by atoms with Crippen LogP contribution in [0.5, 0.6) is 0 Å². The number of hydrogen-bond donors (Lipinski definition) is 0. The van der Waals surface area contributed by atoms with Crippen molar-refractivity contribution in [3.8, 4) is 0 Å². The standard InChI is InChI=1S/C25H34N2O2/c1-17-24-21(20-10-4-3-8-18(20)16-22(24)25(28)29-17)13-12-19-9-7-11-23(26-19)27-14-5-2-6-15-27/h7,9,11-13,17-18,20-22,24H,2-6,8,10,14-16H2,1H3/t17-,18+,20-,21+,22-,24+/m0/s1. The highest BCUT2D eigenvalue weighted by Gasteiger charge is 2.53. The SMILES string of the molecule is C[C@@H]1OC(=O)[C@H]2C[C@H]3CCCC[C@@H]3[C@@H](C=Cc3cccc(N4CCCCC4)n3)[C@@H]12. The number of carbonyl (C=O) groups excluding carboxylic acids is 1. The van der Waals surface area contributed by atoms with Crippen molar-refractivity contribution in [2.75, 3.05) is 18.0 Å². The number of hydrogen-bond acceptors (Lipinski definition) is 4. The number of aromatic nitrogens is 1. The number of anilines is 1. The molecule has 0 unspecified atom stereocenters. The normalized spacial score (nSPS) is 37.3. The van der Waals surface area contributed by atoms with Gasteiger partial charge in [-0.3, -0.25) is 4.79 Å². The molecule has 4 nitrogen and oxygen atoms in total. The molecule has 2 aliphatic heterocycles. The zero-order chi connectivity index (χ0) is 19.8. The van der Waals surface area contributed by atoms with Crippen LogP contribution >= 0.6 is 0 Å². The summed E-state index contributed by atoms with van der Waals surface area (Å²) in [6.45, 7) is 4.34. The van der Waals surface area contributed by atoms with Gasteiger partial charge in [-0.2, -0.15) is 0 Å². The van der Waals surface area contributed by atoms with Crippen molar-refractivity contribution >= 4 is 17.9 Å². The number of allylic oxidation sites excluding steroid dienone is 1. The Hall–Kier alpha value is -1.84. The van der Waals surface area contributed by atoms with Gasteiger partial charge >= 0.3 is 5.97 Å². The molecule has 4 fully saturated rings. The molecule has 2 aliphatic carbocycles. The molecule has 4 heteroatoms. The predicted octanol–water partition coefficient (Wildman–Crippen LogP) is 5.09. The lowest BCUT2D eigenvalue weighted by atomic mass is 9.57. The number of cyclic esters (lactones) is 1. The number of ether oxygens (including phenoxy) is 1. The quantitative estimate of drug-likeness (QED) is 0.670. The molecule has 0 aromatic carbocycles. The fourth-order valence-corrected chi connectivity index (χ4v) is 6.63. The van der Waals surface area contributed by atoms with E-state index in [4.69, 9.17) is 9.72 Å². The highest BCUT2D eigenvalue weighted by molar-refractivity contribution is 5.75. The molecule has 4 aliphatic rings. The molecule has 0 radical (unpaired) electrons. The van der Waals surface area contributed by atoms with E-state index >= 15 is 0 Å². The molecule has 3 heterocycles. The average Bonchev–Trinajstić information content (AvgIpc) is 3.05. The minimum absolute atomic E-state index is 0.0395. The fraction of sp³-hybridized carbons (Fsp3) is 0.680. The zero-order valence-electron chi connectivity index (χ0n) is 17.6. The molecule has 156 valence electrons.